The summed E-state index contributed by atoms with van der Waals surface area (Å²) in [6.07, 6.45) is 2.97. The van der Waals surface area contributed by atoms with Gasteiger partial charge in [-0.3, -0.25) is 10.1 Å². The highest BCUT2D eigenvalue weighted by molar-refractivity contribution is 5.73. The van der Waals surface area contributed by atoms with Crippen molar-refractivity contribution in [1.82, 2.24) is 10.2 Å². The van der Waals surface area contributed by atoms with Crippen LogP contribution >= 0.6 is 0 Å². The molecule has 0 bridgehead atoms. The first kappa shape index (κ1) is 12.3. The Morgan fingerprint density at radius 2 is 2.11 bits per heavy atom. The minimum Gasteiger partial charge on any atom is -0.437 e. The van der Waals surface area contributed by atoms with Crippen molar-refractivity contribution in [2.24, 2.45) is 4.99 Å². The van der Waals surface area contributed by atoms with Gasteiger partial charge in [0.25, 0.3) is 0 Å². The van der Waals surface area contributed by atoms with Crippen molar-refractivity contribution < 1.29 is 14.3 Å². The van der Waals surface area contributed by atoms with E-state index in [9.17, 15) is 9.59 Å². The van der Waals surface area contributed by atoms with E-state index in [2.05, 4.69) is 23.6 Å². The molecule has 96 valence electrons. The molecule has 1 fully saturated rings. The number of piperidine rings is 1. The number of carbonyl (C=O) groups excluding carboxylic acids is 2. The van der Waals surface area contributed by atoms with E-state index < -0.39 is 11.7 Å². The summed E-state index contributed by atoms with van der Waals surface area (Å²) in [5, 5.41) is 2.50. The molecule has 0 radical (unpaired) electrons. The third kappa shape index (κ3) is 1.90. The number of hydrogen-bond donors (Lipinski definition) is 1. The normalized spacial score (nSPS) is 22.2. The number of alkyl carbamates (subject to hydrolysis) is 1. The molecule has 2 heterocycles. The lowest BCUT2D eigenvalue weighted by Crippen LogP contribution is -2.52. The second-order valence-corrected chi connectivity index (χ2v) is 4.27. The summed E-state index contributed by atoms with van der Waals surface area (Å²) in [4.78, 5) is 27.7. The summed E-state index contributed by atoms with van der Waals surface area (Å²) < 4.78 is 5.43. The molecule has 0 aliphatic carbocycles. The summed E-state index contributed by atoms with van der Waals surface area (Å²) in [7, 11) is 0. The Bertz CT molecular complexity index is 434. The van der Waals surface area contributed by atoms with E-state index in [1.165, 1.54) is 0 Å². The third-order valence-electron chi connectivity index (χ3n) is 3.37. The highest BCUT2D eigenvalue weighted by atomic mass is 16.6. The van der Waals surface area contributed by atoms with Crippen molar-refractivity contribution in [3.05, 3.63) is 24.0 Å². The molecule has 6 heteroatoms. The average Bonchev–Trinajstić information content (AvgIpc) is 2.39. The van der Waals surface area contributed by atoms with E-state index in [1.807, 2.05) is 0 Å². The van der Waals surface area contributed by atoms with Crippen LogP contribution in [-0.4, -0.2) is 42.8 Å². The number of nitrogens with one attached hydrogen (secondary N) is 1. The highest BCUT2D eigenvalue weighted by Crippen LogP contribution is 2.37. The maximum atomic E-state index is 11.5. The summed E-state index contributed by atoms with van der Waals surface area (Å²) in [5.41, 5.74) is -0.0113. The molecule has 0 unspecified atom stereocenters. The Morgan fingerprint density at radius 3 is 2.61 bits per heavy atom. The van der Waals surface area contributed by atoms with Crippen LogP contribution in [0.25, 0.3) is 0 Å². The third-order valence-corrected chi connectivity index (χ3v) is 3.37. The van der Waals surface area contributed by atoms with Crippen molar-refractivity contribution in [2.75, 3.05) is 13.1 Å². The topological polar surface area (TPSA) is 71.0 Å². The zero-order chi connectivity index (χ0) is 13.2. The number of carbonyl (C=O) groups is 2. The van der Waals surface area contributed by atoms with Crippen molar-refractivity contribution in [2.45, 2.75) is 18.4 Å². The van der Waals surface area contributed by atoms with E-state index >= 15 is 0 Å². The van der Waals surface area contributed by atoms with Gasteiger partial charge in [0.1, 0.15) is 11.4 Å². The molecule has 6 nitrogen and oxygen atoms in total. The molecular weight excluding hydrogens is 234 g/mol. The molecule has 18 heavy (non-hydrogen) atoms. The minimum absolute atomic E-state index is 0.390. The van der Waals surface area contributed by atoms with Gasteiger partial charge in [0, 0.05) is 31.5 Å². The van der Waals surface area contributed by atoms with Gasteiger partial charge in [-0.05, 0) is 6.72 Å². The molecule has 0 aromatic rings. The Morgan fingerprint density at radius 1 is 1.44 bits per heavy atom. The monoisotopic (exact) mass is 249 g/mol. The smallest absolute Gasteiger partial charge is 0.413 e. The van der Waals surface area contributed by atoms with Crippen LogP contribution in [0.5, 0.6) is 0 Å². The largest absolute Gasteiger partial charge is 0.437 e. The molecule has 2 rings (SSSR count). The molecule has 2 aliphatic rings. The molecule has 1 N–H and O–H groups in total. The molecular formula is C12H15N3O3. The van der Waals surface area contributed by atoms with Crippen LogP contribution in [0.1, 0.15) is 12.8 Å². The van der Waals surface area contributed by atoms with Gasteiger partial charge < -0.3 is 9.64 Å². The second-order valence-electron chi connectivity index (χ2n) is 4.27. The maximum Gasteiger partial charge on any atom is 0.413 e. The van der Waals surface area contributed by atoms with Gasteiger partial charge in [-0.2, -0.15) is 0 Å². The van der Waals surface area contributed by atoms with E-state index in [-0.39, 0.29) is 0 Å². The second kappa shape index (κ2) is 4.64. The SMILES string of the molecule is C=CC1=C(N=C)NC(=O)OC12CCN(C=O)CC2. The van der Waals surface area contributed by atoms with Gasteiger partial charge in [-0.25, -0.2) is 9.79 Å². The lowest BCUT2D eigenvalue weighted by atomic mass is 9.83. The van der Waals surface area contributed by atoms with E-state index in [1.54, 1.807) is 11.0 Å². The fourth-order valence-corrected chi connectivity index (χ4v) is 2.41. The van der Waals surface area contributed by atoms with Crippen LogP contribution in [0.3, 0.4) is 0 Å². The predicted octanol–water partition coefficient (Wildman–Crippen LogP) is 0.815. The van der Waals surface area contributed by atoms with Gasteiger partial charge in [0.05, 0.1) is 0 Å². The van der Waals surface area contributed by atoms with Crippen molar-refractivity contribution in [3.63, 3.8) is 0 Å². The number of hydrogen-bond acceptors (Lipinski definition) is 4. The first-order valence-corrected chi connectivity index (χ1v) is 5.68. The van der Waals surface area contributed by atoms with Crippen molar-refractivity contribution >= 4 is 19.2 Å². The average molecular weight is 249 g/mol. The van der Waals surface area contributed by atoms with Crippen LogP contribution in [0.4, 0.5) is 4.79 Å². The molecule has 0 saturated carbocycles. The first-order chi connectivity index (χ1) is 8.65. The summed E-state index contributed by atoms with van der Waals surface area (Å²) >= 11 is 0. The number of likely N-dealkylation sites (tertiary alicyclic amines) is 1. The lowest BCUT2D eigenvalue weighted by molar-refractivity contribution is -0.121. The standard InChI is InChI=1S/C12H15N3O3/c1-3-9-10(13-2)14-11(17)18-12(9)4-6-15(8-16)7-5-12/h3,8H,1-2,4-7H2,(H,14,17). The van der Waals surface area contributed by atoms with Gasteiger partial charge in [-0.1, -0.05) is 12.7 Å². The van der Waals surface area contributed by atoms with Crippen LogP contribution in [0.15, 0.2) is 29.0 Å². The fraction of sp³-hybridized carbons (Fsp3) is 0.417. The molecule has 0 aromatic carbocycles. The van der Waals surface area contributed by atoms with Crippen molar-refractivity contribution in [3.8, 4) is 0 Å². The molecule has 2 amide bonds. The Kier molecular flexibility index (Phi) is 3.18. The van der Waals surface area contributed by atoms with Crippen LogP contribution in [0, 0.1) is 0 Å². The zero-order valence-corrected chi connectivity index (χ0v) is 10.0. The van der Waals surface area contributed by atoms with Gasteiger partial charge >= 0.3 is 6.09 Å². The maximum absolute atomic E-state index is 11.5. The summed E-state index contributed by atoms with van der Waals surface area (Å²) in [6, 6.07) is 0. The van der Waals surface area contributed by atoms with Gasteiger partial charge in [0.15, 0.2) is 0 Å². The molecule has 1 spiro atoms. The molecule has 2 aliphatic heterocycles. The minimum atomic E-state index is -0.736. The Balaban J connectivity index is 2.35. The van der Waals surface area contributed by atoms with E-state index in [0.29, 0.717) is 31.8 Å². The van der Waals surface area contributed by atoms with E-state index in [4.69, 9.17) is 4.74 Å². The highest BCUT2D eigenvalue weighted by Gasteiger charge is 2.44. The summed E-state index contributed by atoms with van der Waals surface area (Å²) in [5.74, 6) is 0.390. The Hall–Kier alpha value is -2.11. The molecule has 0 atom stereocenters. The lowest BCUT2D eigenvalue weighted by Gasteiger charge is -2.43. The van der Waals surface area contributed by atoms with Crippen LogP contribution in [0.2, 0.25) is 0 Å². The molecule has 1 saturated heterocycles. The number of aliphatic imine (C=N–C) groups is 1. The van der Waals surface area contributed by atoms with Crippen molar-refractivity contribution in [1.29, 1.82) is 0 Å². The van der Waals surface area contributed by atoms with Gasteiger partial charge in [0.2, 0.25) is 6.41 Å². The zero-order valence-electron chi connectivity index (χ0n) is 10.0. The first-order valence-electron chi connectivity index (χ1n) is 5.68. The fourth-order valence-electron chi connectivity index (χ4n) is 2.41. The molecule has 0 aromatic heterocycles. The predicted molar refractivity (Wildman–Crippen MR) is 66.0 cm³/mol. The van der Waals surface area contributed by atoms with E-state index in [0.717, 1.165) is 12.0 Å². The van der Waals surface area contributed by atoms with Gasteiger partial charge in [-0.15, -0.1) is 0 Å². The Labute approximate surface area is 105 Å². The van der Waals surface area contributed by atoms with Crippen LogP contribution in [-0.2, 0) is 9.53 Å². The van der Waals surface area contributed by atoms with Crippen LogP contribution < -0.4 is 5.32 Å². The quantitative estimate of drug-likeness (QED) is 0.594. The number of ether oxygens (including phenoxy) is 1. The number of nitrogens with zero attached hydrogens (tertiary/aromatic N) is 2. The number of amides is 2. The summed E-state index contributed by atoms with van der Waals surface area (Å²) in [6.45, 7) is 8.25. The number of rotatable bonds is 3.